The van der Waals surface area contributed by atoms with Gasteiger partial charge in [0.2, 0.25) is 5.91 Å². The van der Waals surface area contributed by atoms with Crippen molar-refractivity contribution in [3.8, 4) is 0 Å². The average molecular weight is 156 g/mol. The smallest absolute Gasteiger partial charge is 0.238 e. The molecule has 0 aromatic heterocycles. The standard InChI is InChI=1S/C8H16N2O/c1-7(2)4-6-10-8(11)3-5-9-10/h7,9H,3-6H2,1-2H3. The Bertz CT molecular complexity index is 145. The molecular weight excluding hydrogens is 140 g/mol. The maximum absolute atomic E-state index is 11.1. The van der Waals surface area contributed by atoms with Crippen LogP contribution in [-0.2, 0) is 4.79 Å². The van der Waals surface area contributed by atoms with Crippen molar-refractivity contribution in [2.75, 3.05) is 13.1 Å². The van der Waals surface area contributed by atoms with E-state index in [0.29, 0.717) is 12.3 Å². The van der Waals surface area contributed by atoms with Crippen LogP contribution in [0.25, 0.3) is 0 Å². The third kappa shape index (κ3) is 2.50. The van der Waals surface area contributed by atoms with E-state index in [0.717, 1.165) is 19.5 Å². The Labute approximate surface area is 67.7 Å². The van der Waals surface area contributed by atoms with E-state index in [9.17, 15) is 4.79 Å². The number of hydrogen-bond acceptors (Lipinski definition) is 2. The summed E-state index contributed by atoms with van der Waals surface area (Å²) < 4.78 is 0. The van der Waals surface area contributed by atoms with Crippen molar-refractivity contribution in [3.05, 3.63) is 0 Å². The fourth-order valence-corrected chi connectivity index (χ4v) is 1.11. The number of nitrogens with zero attached hydrogens (tertiary/aromatic N) is 1. The zero-order valence-corrected chi connectivity index (χ0v) is 7.26. The van der Waals surface area contributed by atoms with Gasteiger partial charge in [-0.25, -0.2) is 5.43 Å². The fraction of sp³-hybridized carbons (Fsp3) is 0.875. The Kier molecular flexibility index (Phi) is 2.88. The van der Waals surface area contributed by atoms with E-state index in [1.165, 1.54) is 0 Å². The highest BCUT2D eigenvalue weighted by molar-refractivity contribution is 5.77. The molecule has 0 aromatic carbocycles. The molecule has 0 aliphatic carbocycles. The highest BCUT2D eigenvalue weighted by atomic mass is 16.2. The molecule has 1 aliphatic heterocycles. The number of carbonyl (C=O) groups is 1. The van der Waals surface area contributed by atoms with E-state index in [4.69, 9.17) is 0 Å². The zero-order chi connectivity index (χ0) is 8.27. The van der Waals surface area contributed by atoms with Gasteiger partial charge in [0, 0.05) is 19.5 Å². The maximum atomic E-state index is 11.1. The van der Waals surface area contributed by atoms with Crippen LogP contribution in [0.4, 0.5) is 0 Å². The normalized spacial score (nSPS) is 18.5. The summed E-state index contributed by atoms with van der Waals surface area (Å²) in [4.78, 5) is 11.1. The van der Waals surface area contributed by atoms with Crippen LogP contribution in [0.3, 0.4) is 0 Å². The van der Waals surface area contributed by atoms with Crippen LogP contribution in [-0.4, -0.2) is 24.0 Å². The van der Waals surface area contributed by atoms with Gasteiger partial charge in [-0.1, -0.05) is 13.8 Å². The first kappa shape index (κ1) is 8.53. The first-order valence-electron chi connectivity index (χ1n) is 4.24. The fourth-order valence-electron chi connectivity index (χ4n) is 1.11. The molecule has 1 heterocycles. The Morgan fingerprint density at radius 1 is 1.64 bits per heavy atom. The first-order chi connectivity index (χ1) is 5.20. The van der Waals surface area contributed by atoms with Crippen molar-refractivity contribution >= 4 is 5.91 Å². The predicted molar refractivity (Wildman–Crippen MR) is 43.8 cm³/mol. The zero-order valence-electron chi connectivity index (χ0n) is 7.26. The second kappa shape index (κ2) is 3.72. The summed E-state index contributed by atoms with van der Waals surface area (Å²) in [5.41, 5.74) is 3.05. The van der Waals surface area contributed by atoms with Gasteiger partial charge < -0.3 is 0 Å². The van der Waals surface area contributed by atoms with E-state index in [-0.39, 0.29) is 5.91 Å². The van der Waals surface area contributed by atoms with Crippen molar-refractivity contribution in [2.24, 2.45) is 5.92 Å². The summed E-state index contributed by atoms with van der Waals surface area (Å²) in [5.74, 6) is 0.913. The van der Waals surface area contributed by atoms with Crippen molar-refractivity contribution < 1.29 is 4.79 Å². The summed E-state index contributed by atoms with van der Waals surface area (Å²) in [6.45, 7) is 6.01. The summed E-state index contributed by atoms with van der Waals surface area (Å²) >= 11 is 0. The summed E-state index contributed by atoms with van der Waals surface area (Å²) in [6, 6.07) is 0. The average Bonchev–Trinajstić information content (AvgIpc) is 2.31. The molecule has 1 saturated heterocycles. The van der Waals surface area contributed by atoms with E-state index in [2.05, 4.69) is 19.3 Å². The van der Waals surface area contributed by atoms with Crippen LogP contribution >= 0.6 is 0 Å². The molecule has 11 heavy (non-hydrogen) atoms. The van der Waals surface area contributed by atoms with Crippen LogP contribution in [0.15, 0.2) is 0 Å². The highest BCUT2D eigenvalue weighted by Crippen LogP contribution is 2.04. The number of carbonyl (C=O) groups excluding carboxylic acids is 1. The molecule has 3 heteroatoms. The Morgan fingerprint density at radius 3 is 2.82 bits per heavy atom. The molecule has 64 valence electrons. The van der Waals surface area contributed by atoms with Crippen LogP contribution in [0.2, 0.25) is 0 Å². The van der Waals surface area contributed by atoms with Gasteiger partial charge in [-0.05, 0) is 12.3 Å². The molecule has 1 aliphatic rings. The second-order valence-corrected chi connectivity index (χ2v) is 3.39. The topological polar surface area (TPSA) is 32.3 Å². The lowest BCUT2D eigenvalue weighted by atomic mass is 10.1. The molecule has 0 radical (unpaired) electrons. The van der Waals surface area contributed by atoms with E-state index >= 15 is 0 Å². The van der Waals surface area contributed by atoms with Crippen LogP contribution in [0.1, 0.15) is 26.7 Å². The highest BCUT2D eigenvalue weighted by Gasteiger charge is 2.18. The molecule has 0 unspecified atom stereocenters. The molecule has 1 rings (SSSR count). The lowest BCUT2D eigenvalue weighted by Gasteiger charge is -2.16. The molecule has 0 spiro atoms. The molecule has 0 saturated carbocycles. The lowest BCUT2D eigenvalue weighted by Crippen LogP contribution is -2.35. The summed E-state index contributed by atoms with van der Waals surface area (Å²) in [6.07, 6.45) is 1.75. The maximum Gasteiger partial charge on any atom is 0.238 e. The minimum atomic E-state index is 0.241. The molecule has 1 fully saturated rings. The Hall–Kier alpha value is -0.570. The molecule has 0 atom stereocenters. The first-order valence-corrected chi connectivity index (χ1v) is 4.24. The van der Waals surface area contributed by atoms with Crippen LogP contribution in [0.5, 0.6) is 0 Å². The number of nitrogens with one attached hydrogen (secondary N) is 1. The van der Waals surface area contributed by atoms with E-state index in [1.54, 1.807) is 5.01 Å². The van der Waals surface area contributed by atoms with Gasteiger partial charge in [-0.15, -0.1) is 0 Å². The monoisotopic (exact) mass is 156 g/mol. The van der Waals surface area contributed by atoms with Crippen LogP contribution in [0, 0.1) is 5.92 Å². The van der Waals surface area contributed by atoms with Gasteiger partial charge in [0.05, 0.1) is 0 Å². The number of rotatable bonds is 3. The van der Waals surface area contributed by atoms with E-state index in [1.807, 2.05) is 0 Å². The third-order valence-electron chi connectivity index (χ3n) is 1.87. The van der Waals surface area contributed by atoms with Gasteiger partial charge in [0.25, 0.3) is 0 Å². The molecule has 1 amide bonds. The molecule has 1 N–H and O–H groups in total. The number of hydrogen-bond donors (Lipinski definition) is 1. The molecule has 0 aromatic rings. The lowest BCUT2D eigenvalue weighted by molar-refractivity contribution is -0.129. The largest absolute Gasteiger partial charge is 0.278 e. The predicted octanol–water partition coefficient (Wildman–Crippen LogP) is 0.769. The van der Waals surface area contributed by atoms with Crippen molar-refractivity contribution in [1.29, 1.82) is 0 Å². The quantitative estimate of drug-likeness (QED) is 0.654. The summed E-state index contributed by atoms with van der Waals surface area (Å²) in [7, 11) is 0. The van der Waals surface area contributed by atoms with Crippen molar-refractivity contribution in [1.82, 2.24) is 10.4 Å². The Morgan fingerprint density at radius 2 is 2.36 bits per heavy atom. The molecular formula is C8H16N2O. The second-order valence-electron chi connectivity index (χ2n) is 3.39. The number of hydrazine groups is 1. The third-order valence-corrected chi connectivity index (χ3v) is 1.87. The van der Waals surface area contributed by atoms with Gasteiger partial charge in [0.15, 0.2) is 0 Å². The molecule has 3 nitrogen and oxygen atoms in total. The van der Waals surface area contributed by atoms with Crippen molar-refractivity contribution in [2.45, 2.75) is 26.7 Å². The van der Waals surface area contributed by atoms with E-state index < -0.39 is 0 Å². The van der Waals surface area contributed by atoms with Gasteiger partial charge in [-0.2, -0.15) is 0 Å². The SMILES string of the molecule is CC(C)CCN1NCCC1=O. The van der Waals surface area contributed by atoms with Gasteiger partial charge in [-0.3, -0.25) is 9.80 Å². The van der Waals surface area contributed by atoms with Crippen molar-refractivity contribution in [3.63, 3.8) is 0 Å². The Balaban J connectivity index is 2.20. The minimum Gasteiger partial charge on any atom is -0.278 e. The molecule has 0 bridgehead atoms. The van der Waals surface area contributed by atoms with Gasteiger partial charge in [0.1, 0.15) is 0 Å². The number of amides is 1. The minimum absolute atomic E-state index is 0.241. The summed E-state index contributed by atoms with van der Waals surface area (Å²) in [5, 5.41) is 1.74. The van der Waals surface area contributed by atoms with Crippen LogP contribution < -0.4 is 5.43 Å². The van der Waals surface area contributed by atoms with Gasteiger partial charge >= 0.3 is 0 Å².